The van der Waals surface area contributed by atoms with Crippen molar-refractivity contribution in [3.8, 4) is 0 Å². The van der Waals surface area contributed by atoms with Crippen LogP contribution in [-0.2, 0) is 19.4 Å². The average Bonchev–Trinajstić information content (AvgIpc) is 2.89. The molecule has 24 heavy (non-hydrogen) atoms. The molecule has 0 fully saturated rings. The van der Waals surface area contributed by atoms with Gasteiger partial charge in [-0.1, -0.05) is 31.2 Å². The summed E-state index contributed by atoms with van der Waals surface area (Å²) in [5.74, 6) is 0.834. The number of benzene rings is 1. The molecule has 0 aliphatic heterocycles. The van der Waals surface area contributed by atoms with Crippen LogP contribution in [0.15, 0.2) is 29.3 Å². The normalized spacial score (nSPS) is 11.1. The highest BCUT2D eigenvalue weighted by Crippen LogP contribution is 2.16. The highest BCUT2D eigenvalue weighted by molar-refractivity contribution is 14.0. The molecule has 4 nitrogen and oxygen atoms in total. The van der Waals surface area contributed by atoms with E-state index in [0.717, 1.165) is 42.6 Å². The van der Waals surface area contributed by atoms with Gasteiger partial charge in [-0.25, -0.2) is 4.98 Å². The zero-order valence-corrected chi connectivity index (χ0v) is 18.0. The van der Waals surface area contributed by atoms with Crippen molar-refractivity contribution in [2.24, 2.45) is 4.99 Å². The minimum atomic E-state index is 0. The topological polar surface area (TPSA) is 49.3 Å². The second-order valence-electron chi connectivity index (χ2n) is 5.51. The van der Waals surface area contributed by atoms with E-state index in [4.69, 9.17) is 0 Å². The van der Waals surface area contributed by atoms with E-state index in [-0.39, 0.29) is 24.0 Å². The van der Waals surface area contributed by atoms with Crippen molar-refractivity contribution < 1.29 is 0 Å². The van der Waals surface area contributed by atoms with Crippen LogP contribution in [0.3, 0.4) is 0 Å². The SMILES string of the molecule is CCc1ccc(CCNC(=NC)NCc2sc(C)nc2C)cc1.I. The Hall–Kier alpha value is -1.15. The maximum atomic E-state index is 4.45. The van der Waals surface area contributed by atoms with Gasteiger partial charge in [-0.3, -0.25) is 4.99 Å². The van der Waals surface area contributed by atoms with Gasteiger partial charge in [-0.15, -0.1) is 35.3 Å². The van der Waals surface area contributed by atoms with Crippen LogP contribution in [0, 0.1) is 13.8 Å². The number of hydrogen-bond acceptors (Lipinski definition) is 3. The minimum absolute atomic E-state index is 0. The zero-order valence-electron chi connectivity index (χ0n) is 14.8. The molecule has 0 saturated heterocycles. The van der Waals surface area contributed by atoms with E-state index in [1.54, 1.807) is 18.4 Å². The Morgan fingerprint density at radius 1 is 1.12 bits per heavy atom. The van der Waals surface area contributed by atoms with E-state index >= 15 is 0 Å². The van der Waals surface area contributed by atoms with Crippen LogP contribution in [-0.4, -0.2) is 24.5 Å². The molecule has 2 rings (SSSR count). The number of aryl methyl sites for hydroxylation is 3. The summed E-state index contributed by atoms with van der Waals surface area (Å²) >= 11 is 1.73. The summed E-state index contributed by atoms with van der Waals surface area (Å²) in [5, 5.41) is 7.83. The quantitative estimate of drug-likeness (QED) is 0.393. The lowest BCUT2D eigenvalue weighted by molar-refractivity contribution is 0.796. The number of nitrogens with zero attached hydrogens (tertiary/aromatic N) is 2. The third-order valence-electron chi connectivity index (χ3n) is 3.78. The number of aliphatic imine (C=N–C) groups is 1. The summed E-state index contributed by atoms with van der Waals surface area (Å²) in [6, 6.07) is 8.83. The van der Waals surface area contributed by atoms with Crippen molar-refractivity contribution in [3.63, 3.8) is 0 Å². The van der Waals surface area contributed by atoms with Crippen LogP contribution in [0.4, 0.5) is 0 Å². The summed E-state index contributed by atoms with van der Waals surface area (Å²) in [6.45, 7) is 7.90. The summed E-state index contributed by atoms with van der Waals surface area (Å²) < 4.78 is 0. The van der Waals surface area contributed by atoms with Gasteiger partial charge in [0.15, 0.2) is 5.96 Å². The van der Waals surface area contributed by atoms with Gasteiger partial charge in [0.25, 0.3) is 0 Å². The first-order chi connectivity index (χ1) is 11.1. The van der Waals surface area contributed by atoms with Gasteiger partial charge in [0.05, 0.1) is 17.2 Å². The van der Waals surface area contributed by atoms with Crippen LogP contribution in [0.25, 0.3) is 0 Å². The molecule has 0 radical (unpaired) electrons. The zero-order chi connectivity index (χ0) is 16.7. The second-order valence-corrected chi connectivity index (χ2v) is 6.80. The van der Waals surface area contributed by atoms with E-state index in [9.17, 15) is 0 Å². The molecular formula is C18H27IN4S. The largest absolute Gasteiger partial charge is 0.356 e. The molecule has 0 unspecified atom stereocenters. The van der Waals surface area contributed by atoms with Crippen LogP contribution in [0.2, 0.25) is 0 Å². The van der Waals surface area contributed by atoms with E-state index in [1.807, 2.05) is 6.92 Å². The monoisotopic (exact) mass is 458 g/mol. The molecule has 2 aromatic rings. The van der Waals surface area contributed by atoms with Gasteiger partial charge < -0.3 is 10.6 Å². The van der Waals surface area contributed by atoms with Crippen molar-refractivity contribution in [1.29, 1.82) is 0 Å². The maximum Gasteiger partial charge on any atom is 0.191 e. The van der Waals surface area contributed by atoms with Gasteiger partial charge >= 0.3 is 0 Å². The van der Waals surface area contributed by atoms with Crippen molar-refractivity contribution in [2.75, 3.05) is 13.6 Å². The fourth-order valence-corrected chi connectivity index (χ4v) is 3.27. The average molecular weight is 458 g/mol. The molecule has 132 valence electrons. The molecule has 0 aliphatic rings. The molecule has 2 N–H and O–H groups in total. The molecular weight excluding hydrogens is 431 g/mol. The Bertz CT molecular complexity index is 650. The van der Waals surface area contributed by atoms with Crippen molar-refractivity contribution in [1.82, 2.24) is 15.6 Å². The Labute approximate surface area is 166 Å². The molecule has 0 aliphatic carbocycles. The van der Waals surface area contributed by atoms with Gasteiger partial charge in [0.2, 0.25) is 0 Å². The first-order valence-corrected chi connectivity index (χ1v) is 8.89. The first-order valence-electron chi connectivity index (χ1n) is 8.07. The van der Waals surface area contributed by atoms with Crippen LogP contribution >= 0.6 is 35.3 Å². The van der Waals surface area contributed by atoms with Crippen molar-refractivity contribution >= 4 is 41.3 Å². The van der Waals surface area contributed by atoms with Gasteiger partial charge in [0.1, 0.15) is 0 Å². The number of thiazole rings is 1. The minimum Gasteiger partial charge on any atom is -0.356 e. The smallest absolute Gasteiger partial charge is 0.191 e. The fraction of sp³-hybridized carbons (Fsp3) is 0.444. The molecule has 0 saturated carbocycles. The van der Waals surface area contributed by atoms with E-state index in [2.05, 4.69) is 58.7 Å². The molecule has 1 aromatic carbocycles. The third-order valence-corrected chi connectivity index (χ3v) is 4.85. The molecule has 0 spiro atoms. The summed E-state index contributed by atoms with van der Waals surface area (Å²) in [5.41, 5.74) is 3.83. The van der Waals surface area contributed by atoms with Gasteiger partial charge in [-0.2, -0.15) is 0 Å². The second kappa shape index (κ2) is 10.7. The molecule has 1 aromatic heterocycles. The van der Waals surface area contributed by atoms with E-state index in [0.29, 0.717) is 0 Å². The van der Waals surface area contributed by atoms with Gasteiger partial charge in [0, 0.05) is 18.5 Å². The number of halogens is 1. The summed E-state index contributed by atoms with van der Waals surface area (Å²) in [7, 11) is 1.80. The predicted molar refractivity (Wildman–Crippen MR) is 115 cm³/mol. The van der Waals surface area contributed by atoms with Crippen molar-refractivity contribution in [2.45, 2.75) is 40.2 Å². The number of hydrogen-bond donors (Lipinski definition) is 2. The van der Waals surface area contributed by atoms with Gasteiger partial charge in [-0.05, 0) is 37.8 Å². The lowest BCUT2D eigenvalue weighted by atomic mass is 10.1. The lowest BCUT2D eigenvalue weighted by Crippen LogP contribution is -2.37. The lowest BCUT2D eigenvalue weighted by Gasteiger charge is -2.11. The fourth-order valence-electron chi connectivity index (χ4n) is 2.39. The number of aromatic nitrogens is 1. The highest BCUT2D eigenvalue weighted by atomic mass is 127. The number of nitrogens with one attached hydrogen (secondary N) is 2. The Kier molecular flexibility index (Phi) is 9.28. The summed E-state index contributed by atoms with van der Waals surface area (Å²) in [6.07, 6.45) is 2.08. The number of rotatable bonds is 6. The first kappa shape index (κ1) is 20.9. The summed E-state index contributed by atoms with van der Waals surface area (Å²) in [4.78, 5) is 9.99. The molecule has 0 bridgehead atoms. The molecule has 0 amide bonds. The van der Waals surface area contributed by atoms with Crippen LogP contribution in [0.1, 0.15) is 33.6 Å². The maximum absolute atomic E-state index is 4.45. The Balaban J connectivity index is 0.00000288. The Morgan fingerprint density at radius 2 is 1.79 bits per heavy atom. The Morgan fingerprint density at radius 3 is 2.33 bits per heavy atom. The van der Waals surface area contributed by atoms with Crippen LogP contribution in [0.5, 0.6) is 0 Å². The molecule has 0 atom stereocenters. The molecule has 1 heterocycles. The van der Waals surface area contributed by atoms with Crippen molar-refractivity contribution in [3.05, 3.63) is 51.0 Å². The number of guanidine groups is 1. The highest BCUT2D eigenvalue weighted by Gasteiger charge is 2.05. The molecule has 6 heteroatoms. The standard InChI is InChI=1S/C18H26N4S.HI/c1-5-15-6-8-16(9-7-15)10-11-20-18(19-4)21-12-17-13(2)22-14(3)23-17;/h6-9H,5,10-12H2,1-4H3,(H2,19,20,21);1H. The third kappa shape index (κ3) is 6.39. The van der Waals surface area contributed by atoms with E-state index in [1.165, 1.54) is 16.0 Å². The predicted octanol–water partition coefficient (Wildman–Crippen LogP) is 3.85. The van der Waals surface area contributed by atoms with E-state index < -0.39 is 0 Å². The van der Waals surface area contributed by atoms with Crippen LogP contribution < -0.4 is 10.6 Å².